The molecule has 0 radical (unpaired) electrons. The zero-order chi connectivity index (χ0) is 60.7. The highest BCUT2D eigenvalue weighted by Gasteiger charge is 2.48. The third-order valence-electron chi connectivity index (χ3n) is 14.8. The van der Waals surface area contributed by atoms with E-state index in [1.165, 1.54) is 30.7 Å². The van der Waals surface area contributed by atoms with Crippen LogP contribution in [0.15, 0.2) is 24.3 Å². The zero-order valence-corrected chi connectivity index (χ0v) is 47.3. The van der Waals surface area contributed by atoms with Crippen LogP contribution in [0, 0.1) is 11.8 Å². The molecule has 3 aliphatic heterocycles. The second-order valence-electron chi connectivity index (χ2n) is 21.8. The van der Waals surface area contributed by atoms with Gasteiger partial charge in [-0.2, -0.15) is 0 Å². The van der Waals surface area contributed by atoms with Crippen LogP contribution < -0.4 is 43.4 Å². The first-order chi connectivity index (χ1) is 38.2. The molecule has 27 heteroatoms. The predicted octanol–water partition coefficient (Wildman–Crippen LogP) is -3.22. The summed E-state index contributed by atoms with van der Waals surface area (Å²) in [6.07, 6.45) is -6.83. The Bertz CT molecular complexity index is 2180. The maximum atomic E-state index is 14.6. The number of amides is 7. The van der Waals surface area contributed by atoms with Gasteiger partial charge in [0.05, 0.1) is 30.5 Å². The van der Waals surface area contributed by atoms with Gasteiger partial charge in [0.2, 0.25) is 41.4 Å². The van der Waals surface area contributed by atoms with Crippen LogP contribution in [0.2, 0.25) is 0 Å². The van der Waals surface area contributed by atoms with Crippen molar-refractivity contribution in [3.05, 3.63) is 29.8 Å². The van der Waals surface area contributed by atoms with E-state index in [-0.39, 0.29) is 50.2 Å². The van der Waals surface area contributed by atoms with E-state index in [0.717, 1.165) is 62.2 Å². The van der Waals surface area contributed by atoms with Gasteiger partial charge in [0.25, 0.3) is 5.97 Å². The Morgan fingerprint density at radius 2 is 1.20 bits per heavy atom. The van der Waals surface area contributed by atoms with Crippen LogP contribution in [0.1, 0.15) is 136 Å². The third-order valence-corrected chi connectivity index (χ3v) is 14.8. The third kappa shape index (κ3) is 22.2. The molecule has 1 aromatic carbocycles. The van der Waals surface area contributed by atoms with Crippen molar-refractivity contribution in [2.24, 2.45) is 23.3 Å². The van der Waals surface area contributed by atoms with Gasteiger partial charge in [-0.15, -0.1) is 0 Å². The fraction of sp³-hybridized carbons (Fsp3) is 0.741. The lowest BCUT2D eigenvalue weighted by Crippen LogP contribution is -2.64. The summed E-state index contributed by atoms with van der Waals surface area (Å²) in [4.78, 5) is 111. The van der Waals surface area contributed by atoms with Crippen molar-refractivity contribution in [3.8, 4) is 5.75 Å². The van der Waals surface area contributed by atoms with Crippen molar-refractivity contribution < 1.29 is 84.3 Å². The Labute approximate surface area is 473 Å². The number of rotatable bonds is 23. The maximum absolute atomic E-state index is 14.6. The van der Waals surface area contributed by atoms with Crippen molar-refractivity contribution in [1.29, 1.82) is 0 Å². The van der Waals surface area contributed by atoms with Gasteiger partial charge in [0.1, 0.15) is 60.4 Å². The molecular formula is C54H92N10O17. The number of phenolic OH excluding ortho intramolecular Hbond substituents is 1. The molecule has 1 aromatic rings. The molecule has 16 atom stereocenters. The standard InChI is InChI=1S/C52H88N10O15.C2H4O2/c1-5-28(2)22-29(3)12-10-8-6-7-9-11-13-40(69)56-35-25-39(68)46(55-21-20-54)60-49(74)37-24-34(66)27-62(37)52(77)42(38(67)18-19-53)58-50(75)43(45(71)44(70)31-14-16-32(64)17-15-31)59-48(73)36-23-33(65)26-61(36)51(76)41(30(4)63)57-47(35)72;1-2(3)4/h14-17,28-30,33-39,41-46,55,63-68,70-71H,5-13,18-27,53-54H2,1-4H3,(H,56,69)(H,57,72)(H,58,75)(H,59,73)(H,60,74);1H3,(H,3,4)/t28-,29+,30+,33+,34+,35-,36-,37-,38+,39+,41-,42-,43-,44-,45-,46-;/m0./s1. The first-order valence-corrected chi connectivity index (χ1v) is 28.2. The highest BCUT2D eigenvalue weighted by atomic mass is 16.4. The molecule has 0 aromatic heterocycles. The number of nitrogens with one attached hydrogen (secondary N) is 6. The number of fused-ring (bicyclic) bond motifs is 2. The number of aliphatic carboxylic acids is 1. The van der Waals surface area contributed by atoms with Gasteiger partial charge >= 0.3 is 0 Å². The topological polar surface area (TPSA) is 449 Å². The fourth-order valence-electron chi connectivity index (χ4n) is 10.2. The minimum atomic E-state index is -2.28. The van der Waals surface area contributed by atoms with E-state index in [1.54, 1.807) is 0 Å². The first-order valence-electron chi connectivity index (χ1n) is 28.2. The molecule has 3 aliphatic rings. The Morgan fingerprint density at radius 1 is 0.679 bits per heavy atom. The molecule has 3 heterocycles. The summed E-state index contributed by atoms with van der Waals surface area (Å²) in [5, 5.41) is 112. The van der Waals surface area contributed by atoms with Crippen molar-refractivity contribution >= 4 is 47.3 Å². The largest absolute Gasteiger partial charge is 0.508 e. The number of aliphatic hydroxyl groups excluding tert-OH is 7. The molecular weight excluding hydrogens is 1060 g/mol. The second-order valence-corrected chi connectivity index (χ2v) is 21.8. The monoisotopic (exact) mass is 1150 g/mol. The minimum absolute atomic E-state index is 0.0202. The lowest BCUT2D eigenvalue weighted by molar-refractivity contribution is -0.147. The average molecular weight is 1150 g/mol. The second kappa shape index (κ2) is 34.7. The maximum Gasteiger partial charge on any atom is 0.300 e. The molecule has 7 amide bonds. The number of phenols is 1. The van der Waals surface area contributed by atoms with Crippen molar-refractivity contribution in [1.82, 2.24) is 41.7 Å². The average Bonchev–Trinajstić information content (AvgIpc) is 4.01. The van der Waals surface area contributed by atoms with Crippen LogP contribution in [0.3, 0.4) is 0 Å². The van der Waals surface area contributed by atoms with E-state index in [1.807, 2.05) is 0 Å². The molecule has 3 fully saturated rings. The zero-order valence-electron chi connectivity index (χ0n) is 47.3. The molecule has 3 saturated heterocycles. The number of unbranched alkanes of at least 4 members (excludes halogenated alkanes) is 5. The van der Waals surface area contributed by atoms with E-state index >= 15 is 0 Å². The van der Waals surface area contributed by atoms with E-state index in [0.29, 0.717) is 24.7 Å². The van der Waals surface area contributed by atoms with Crippen molar-refractivity contribution in [2.45, 2.75) is 210 Å². The highest BCUT2D eigenvalue weighted by Crippen LogP contribution is 2.27. The minimum Gasteiger partial charge on any atom is -0.508 e. The first kappa shape index (κ1) is 69.6. The van der Waals surface area contributed by atoms with E-state index in [2.05, 4.69) is 52.7 Å². The SMILES string of the molecule is CC(=O)O.CC[C@H](C)C[C@H](C)CCCCCCCCC(=O)N[C@H]1C[C@@H](O)[C@@H](NCCN)NC(=O)[C@@H]2C[C@@H](O)CN2C(=O)[C@H]([C@H](O)CCN)NC(=O)[C@H]([C@H](O)[C@@H](O)c2ccc(O)cc2)NC(=O)[C@@H]2C[C@@H](O)CN2C(=O)[C@H]([C@@H](C)O)NC1=O. The predicted molar refractivity (Wildman–Crippen MR) is 293 cm³/mol. The Kier molecular flexibility index (Phi) is 29.9. The van der Waals surface area contributed by atoms with Gasteiger partial charge in [0.15, 0.2) is 0 Å². The molecule has 0 aliphatic carbocycles. The molecule has 460 valence electrons. The molecule has 0 saturated carbocycles. The van der Waals surface area contributed by atoms with Gasteiger partial charge in [-0.25, -0.2) is 0 Å². The van der Waals surface area contributed by atoms with E-state index < -0.39 is 158 Å². The number of aliphatic hydroxyl groups is 7. The van der Waals surface area contributed by atoms with Gasteiger partial charge in [-0.1, -0.05) is 77.8 Å². The number of carbonyl (C=O) groups excluding carboxylic acids is 7. The van der Waals surface area contributed by atoms with E-state index in [9.17, 15) is 74.4 Å². The number of aromatic hydroxyl groups is 1. The summed E-state index contributed by atoms with van der Waals surface area (Å²) in [5.41, 5.74) is 11.5. The number of carbonyl (C=O) groups is 8. The molecule has 4 rings (SSSR count). The smallest absolute Gasteiger partial charge is 0.300 e. The summed E-state index contributed by atoms with van der Waals surface area (Å²) in [5.74, 6) is -7.16. The molecule has 0 spiro atoms. The molecule has 19 N–H and O–H groups in total. The van der Waals surface area contributed by atoms with Crippen LogP contribution >= 0.6 is 0 Å². The van der Waals surface area contributed by atoms with Crippen LogP contribution in [-0.4, -0.2) is 215 Å². The van der Waals surface area contributed by atoms with E-state index in [4.69, 9.17) is 21.4 Å². The molecule has 27 nitrogen and oxygen atoms in total. The lowest BCUT2D eigenvalue weighted by atomic mass is 9.91. The van der Waals surface area contributed by atoms with Gasteiger partial charge < -0.3 is 93.8 Å². The van der Waals surface area contributed by atoms with Gasteiger partial charge in [0, 0.05) is 58.8 Å². The molecule has 81 heavy (non-hydrogen) atoms. The van der Waals surface area contributed by atoms with Crippen LogP contribution in [-0.2, 0) is 38.4 Å². The highest BCUT2D eigenvalue weighted by molar-refractivity contribution is 5.98. The number of carboxylic acid groups (broad SMARTS) is 1. The van der Waals surface area contributed by atoms with Gasteiger partial charge in [-0.3, -0.25) is 43.7 Å². The Balaban J connectivity index is 0.00000416. The number of carboxylic acids is 1. The number of benzene rings is 1. The lowest BCUT2D eigenvalue weighted by Gasteiger charge is -2.34. The summed E-state index contributed by atoms with van der Waals surface area (Å²) in [6.45, 7) is 7.65. The molecule has 0 bridgehead atoms. The summed E-state index contributed by atoms with van der Waals surface area (Å²) < 4.78 is 0. The van der Waals surface area contributed by atoms with Crippen molar-refractivity contribution in [3.63, 3.8) is 0 Å². The summed E-state index contributed by atoms with van der Waals surface area (Å²) in [6, 6.07) is -6.18. The number of nitrogens with two attached hydrogens (primary N) is 2. The van der Waals surface area contributed by atoms with Crippen LogP contribution in [0.25, 0.3) is 0 Å². The number of hydrogen-bond donors (Lipinski definition) is 17. The van der Waals surface area contributed by atoms with Crippen LogP contribution in [0.4, 0.5) is 0 Å². The normalized spacial score (nSPS) is 27.5. The fourth-order valence-corrected chi connectivity index (χ4v) is 10.2. The summed E-state index contributed by atoms with van der Waals surface area (Å²) >= 11 is 0. The number of nitrogens with zero attached hydrogens (tertiary/aromatic N) is 2. The summed E-state index contributed by atoms with van der Waals surface area (Å²) in [7, 11) is 0. The molecule has 0 unspecified atom stereocenters. The quantitative estimate of drug-likeness (QED) is 0.0479. The van der Waals surface area contributed by atoms with Crippen LogP contribution in [0.5, 0.6) is 5.75 Å². The van der Waals surface area contributed by atoms with Crippen molar-refractivity contribution in [2.75, 3.05) is 32.7 Å². The Hall–Kier alpha value is -5.62. The van der Waals surface area contributed by atoms with Gasteiger partial charge in [-0.05, 0) is 62.3 Å². The number of hydrogen-bond acceptors (Lipinski definition) is 19. The Morgan fingerprint density at radius 3 is 1.74 bits per heavy atom.